The molecule has 196 valence electrons. The summed E-state index contributed by atoms with van der Waals surface area (Å²) in [6.07, 6.45) is 0. The largest absolute Gasteiger partial charge is 0.454 e. The summed E-state index contributed by atoms with van der Waals surface area (Å²) >= 11 is 0. The van der Waals surface area contributed by atoms with E-state index in [1.807, 2.05) is 18.2 Å². The maximum atomic E-state index is 9.73. The summed E-state index contributed by atoms with van der Waals surface area (Å²) in [5.41, 5.74) is 9.99. The molecule has 4 nitrogen and oxygen atoms in total. The molecule has 0 N–H and O–H groups in total. The zero-order valence-electron chi connectivity index (χ0n) is 22.8. The molecular weight excluding hydrogens is 514 g/mol. The van der Waals surface area contributed by atoms with Crippen LogP contribution in [-0.2, 0) is 0 Å². The van der Waals surface area contributed by atoms with Gasteiger partial charge in [0.2, 0.25) is 0 Å². The van der Waals surface area contributed by atoms with E-state index in [4.69, 9.17) is 4.42 Å². The monoisotopic (exact) mass is 537 g/mol. The molecular formula is C38H23N3O. The van der Waals surface area contributed by atoms with Crippen LogP contribution in [0.4, 0.5) is 0 Å². The molecule has 0 amide bonds. The molecule has 0 spiro atoms. The van der Waals surface area contributed by atoms with Crippen LogP contribution in [0.1, 0.15) is 11.1 Å². The van der Waals surface area contributed by atoms with Crippen molar-refractivity contribution < 1.29 is 4.42 Å². The van der Waals surface area contributed by atoms with E-state index in [9.17, 15) is 5.26 Å². The first kappa shape index (κ1) is 23.0. The van der Waals surface area contributed by atoms with Gasteiger partial charge < -0.3 is 13.6 Å². The number of nitrogens with zero attached hydrogens (tertiary/aromatic N) is 3. The van der Waals surface area contributed by atoms with Crippen LogP contribution in [-0.4, -0.2) is 9.13 Å². The van der Waals surface area contributed by atoms with Gasteiger partial charge in [0.25, 0.3) is 0 Å². The number of fused-ring (bicyclic) bond motifs is 9. The minimum atomic E-state index is 0.639. The number of aromatic nitrogens is 2. The summed E-state index contributed by atoms with van der Waals surface area (Å²) in [4.78, 5) is 0. The molecule has 0 aliphatic rings. The smallest absolute Gasteiger partial charge is 0.159 e. The SMILES string of the molecule is Cc1ccc2c3ccccc3n(-c3cccc4c3oc3cccc(-n5c6ccccc6c6ccc(C#N)cc65)c34)c2c1. The van der Waals surface area contributed by atoms with Crippen LogP contribution >= 0.6 is 0 Å². The van der Waals surface area contributed by atoms with Gasteiger partial charge in [-0.1, -0.05) is 72.8 Å². The first-order valence-electron chi connectivity index (χ1n) is 14.1. The number of furan rings is 1. The van der Waals surface area contributed by atoms with Crippen molar-refractivity contribution in [1.29, 1.82) is 5.26 Å². The van der Waals surface area contributed by atoms with E-state index >= 15 is 0 Å². The average Bonchev–Trinajstić information content (AvgIpc) is 3.68. The first-order chi connectivity index (χ1) is 20.7. The van der Waals surface area contributed by atoms with E-state index in [2.05, 4.69) is 125 Å². The van der Waals surface area contributed by atoms with Crippen LogP contribution in [0.3, 0.4) is 0 Å². The third-order valence-electron chi connectivity index (χ3n) is 8.59. The lowest BCUT2D eigenvalue weighted by molar-refractivity contribution is 0.666. The van der Waals surface area contributed by atoms with Gasteiger partial charge in [-0.3, -0.25) is 0 Å². The molecule has 9 aromatic rings. The second-order valence-electron chi connectivity index (χ2n) is 11.0. The van der Waals surface area contributed by atoms with Crippen LogP contribution in [0.15, 0.2) is 126 Å². The quantitative estimate of drug-likeness (QED) is 0.220. The summed E-state index contributed by atoms with van der Waals surface area (Å²) in [5.74, 6) is 0. The maximum Gasteiger partial charge on any atom is 0.159 e. The Morgan fingerprint density at radius 1 is 0.548 bits per heavy atom. The molecule has 0 unspecified atom stereocenters. The lowest BCUT2D eigenvalue weighted by Crippen LogP contribution is -1.96. The molecule has 3 aromatic heterocycles. The Balaban J connectivity index is 1.42. The van der Waals surface area contributed by atoms with E-state index in [1.54, 1.807) is 0 Å². The number of benzene rings is 6. The van der Waals surface area contributed by atoms with E-state index in [-0.39, 0.29) is 0 Å². The zero-order valence-corrected chi connectivity index (χ0v) is 22.8. The predicted molar refractivity (Wildman–Crippen MR) is 172 cm³/mol. The lowest BCUT2D eigenvalue weighted by Gasteiger charge is -2.10. The second-order valence-corrected chi connectivity index (χ2v) is 11.0. The normalized spacial score (nSPS) is 11.9. The van der Waals surface area contributed by atoms with Gasteiger partial charge in [0, 0.05) is 26.9 Å². The minimum Gasteiger partial charge on any atom is -0.454 e. The van der Waals surface area contributed by atoms with Crippen molar-refractivity contribution in [2.45, 2.75) is 6.92 Å². The fourth-order valence-corrected chi connectivity index (χ4v) is 6.82. The number of hydrogen-bond donors (Lipinski definition) is 0. The van der Waals surface area contributed by atoms with Gasteiger partial charge in [0.1, 0.15) is 5.58 Å². The Morgan fingerprint density at radius 2 is 1.14 bits per heavy atom. The van der Waals surface area contributed by atoms with E-state index in [0.29, 0.717) is 5.56 Å². The van der Waals surface area contributed by atoms with Crippen molar-refractivity contribution in [1.82, 2.24) is 9.13 Å². The van der Waals surface area contributed by atoms with Crippen LogP contribution < -0.4 is 0 Å². The number of aryl methyl sites for hydroxylation is 1. The number of nitriles is 1. The van der Waals surface area contributed by atoms with Crippen molar-refractivity contribution in [2.75, 3.05) is 0 Å². The average molecular weight is 538 g/mol. The summed E-state index contributed by atoms with van der Waals surface area (Å²) < 4.78 is 11.4. The van der Waals surface area contributed by atoms with Crippen LogP contribution in [0.5, 0.6) is 0 Å². The maximum absolute atomic E-state index is 9.73. The molecule has 0 radical (unpaired) electrons. The highest BCUT2D eigenvalue weighted by molar-refractivity contribution is 6.16. The molecule has 6 aromatic carbocycles. The molecule has 0 saturated heterocycles. The Labute approximate surface area is 240 Å². The Hall–Kier alpha value is -5.79. The number of hydrogen-bond acceptors (Lipinski definition) is 2. The number of rotatable bonds is 2. The van der Waals surface area contributed by atoms with Gasteiger partial charge in [-0.2, -0.15) is 5.26 Å². The van der Waals surface area contributed by atoms with Crippen molar-refractivity contribution in [3.8, 4) is 17.4 Å². The predicted octanol–water partition coefficient (Wildman–Crippen LogP) is 9.96. The van der Waals surface area contributed by atoms with Crippen molar-refractivity contribution >= 4 is 65.6 Å². The van der Waals surface area contributed by atoms with Crippen molar-refractivity contribution in [3.05, 3.63) is 132 Å². The van der Waals surface area contributed by atoms with Crippen molar-refractivity contribution in [2.24, 2.45) is 0 Å². The highest BCUT2D eigenvalue weighted by Gasteiger charge is 2.21. The van der Waals surface area contributed by atoms with Gasteiger partial charge in [-0.25, -0.2) is 0 Å². The van der Waals surface area contributed by atoms with Crippen LogP contribution in [0.25, 0.3) is 76.9 Å². The fourth-order valence-electron chi connectivity index (χ4n) is 6.82. The molecule has 0 aliphatic heterocycles. The molecule has 3 heterocycles. The summed E-state index contributed by atoms with van der Waals surface area (Å²) in [5, 5.41) is 16.6. The lowest BCUT2D eigenvalue weighted by atomic mass is 10.1. The highest BCUT2D eigenvalue weighted by Crippen LogP contribution is 2.42. The highest BCUT2D eigenvalue weighted by atomic mass is 16.3. The van der Waals surface area contributed by atoms with Crippen molar-refractivity contribution in [3.63, 3.8) is 0 Å². The fraction of sp³-hybridized carbons (Fsp3) is 0.0263. The minimum absolute atomic E-state index is 0.639. The Kier molecular flexibility index (Phi) is 4.57. The van der Waals surface area contributed by atoms with E-state index < -0.39 is 0 Å². The molecule has 42 heavy (non-hydrogen) atoms. The zero-order chi connectivity index (χ0) is 27.9. The van der Waals surface area contributed by atoms with E-state index in [0.717, 1.165) is 66.2 Å². The summed E-state index contributed by atoms with van der Waals surface area (Å²) in [6.45, 7) is 2.14. The summed E-state index contributed by atoms with van der Waals surface area (Å²) in [7, 11) is 0. The molecule has 0 saturated carbocycles. The van der Waals surface area contributed by atoms with Gasteiger partial charge >= 0.3 is 0 Å². The van der Waals surface area contributed by atoms with E-state index in [1.165, 1.54) is 16.3 Å². The molecule has 0 fully saturated rings. The topological polar surface area (TPSA) is 46.8 Å². The molecule has 4 heteroatoms. The summed E-state index contributed by atoms with van der Waals surface area (Å²) in [6, 6.07) is 44.6. The number of para-hydroxylation sites is 3. The van der Waals surface area contributed by atoms with Gasteiger partial charge in [-0.05, 0) is 61.0 Å². The molecule has 0 atom stereocenters. The van der Waals surface area contributed by atoms with Crippen LogP contribution in [0.2, 0.25) is 0 Å². The Morgan fingerprint density at radius 3 is 1.90 bits per heavy atom. The van der Waals surface area contributed by atoms with Crippen LogP contribution in [0, 0.1) is 18.3 Å². The third-order valence-corrected chi connectivity index (χ3v) is 8.59. The molecule has 9 rings (SSSR count). The van der Waals surface area contributed by atoms with Gasteiger partial charge in [0.05, 0.1) is 50.5 Å². The first-order valence-corrected chi connectivity index (χ1v) is 14.1. The Bertz CT molecular complexity index is 2600. The van der Waals surface area contributed by atoms with Gasteiger partial charge in [-0.15, -0.1) is 0 Å². The standard InChI is InChI=1S/C38H23N3O/c1-23-16-18-27-25-8-3-5-12-31(25)41(34(27)20-23)33-14-6-10-29-37-32(13-7-15-36(37)42-38(29)33)40-30-11-4-2-9-26(30)28-19-17-24(22-39)21-35(28)40/h2-21H,1H3. The second kappa shape index (κ2) is 8.36. The molecule has 0 bridgehead atoms. The van der Waals surface area contributed by atoms with Gasteiger partial charge in [0.15, 0.2) is 5.58 Å². The molecule has 0 aliphatic carbocycles. The third kappa shape index (κ3) is 3.00.